The van der Waals surface area contributed by atoms with E-state index in [0.717, 1.165) is 84.9 Å². The largest absolute Gasteiger partial charge is 0.454 e. The van der Waals surface area contributed by atoms with Gasteiger partial charge >= 0.3 is 0 Å². The van der Waals surface area contributed by atoms with Gasteiger partial charge in [0.1, 0.15) is 6.04 Å². The first-order chi connectivity index (χ1) is 20.0. The van der Waals surface area contributed by atoms with Crippen LogP contribution in [0.2, 0.25) is 0 Å². The van der Waals surface area contributed by atoms with E-state index in [4.69, 9.17) is 9.47 Å². The number of nitrogens with zero attached hydrogens (tertiary/aromatic N) is 6. The molecule has 2 aromatic carbocycles. The maximum atomic E-state index is 13.8. The van der Waals surface area contributed by atoms with Crippen molar-refractivity contribution in [2.24, 2.45) is 0 Å². The molecule has 2 aliphatic heterocycles. The Morgan fingerprint density at radius 2 is 1.73 bits per heavy atom. The number of rotatable bonds is 6. The molecule has 7 rings (SSSR count). The highest BCUT2D eigenvalue weighted by Crippen LogP contribution is 2.35. The van der Waals surface area contributed by atoms with Crippen LogP contribution < -0.4 is 15.0 Å². The van der Waals surface area contributed by atoms with E-state index < -0.39 is 0 Å². The van der Waals surface area contributed by atoms with Crippen molar-refractivity contribution in [3.8, 4) is 11.5 Å². The topological polar surface area (TPSA) is 101 Å². The first-order valence-corrected chi connectivity index (χ1v) is 14.8. The normalized spacial score (nSPS) is 19.2. The van der Waals surface area contributed by atoms with Gasteiger partial charge in [0.2, 0.25) is 6.79 Å². The second-order valence-electron chi connectivity index (χ2n) is 11.7. The smallest absolute Gasteiger partial charge is 0.253 e. The molecule has 3 aliphatic rings. The van der Waals surface area contributed by atoms with E-state index in [-0.39, 0.29) is 24.4 Å². The zero-order valence-electron chi connectivity index (χ0n) is 23.8. The summed E-state index contributed by atoms with van der Waals surface area (Å²) in [6, 6.07) is 12.4. The van der Waals surface area contributed by atoms with Gasteiger partial charge in [0.05, 0.1) is 11.6 Å². The van der Waals surface area contributed by atoms with Crippen molar-refractivity contribution in [1.82, 2.24) is 35.0 Å². The minimum absolute atomic E-state index is 0.0721. The first-order valence-electron chi connectivity index (χ1n) is 14.8. The van der Waals surface area contributed by atoms with E-state index in [1.165, 1.54) is 24.8 Å². The molecule has 1 aliphatic carbocycles. The second-order valence-corrected chi connectivity index (χ2v) is 11.7. The van der Waals surface area contributed by atoms with E-state index in [1.807, 2.05) is 17.7 Å². The molecule has 1 saturated carbocycles. The molecule has 214 valence electrons. The molecular weight excluding hydrogens is 518 g/mol. The number of fused-ring (bicyclic) bond motifs is 2. The molecule has 1 unspecified atom stereocenters. The number of tetrazole rings is 1. The third-order valence-electron chi connectivity index (χ3n) is 9.07. The number of piperazine rings is 1. The zero-order chi connectivity index (χ0) is 27.9. The molecule has 1 saturated heterocycles. The lowest BCUT2D eigenvalue weighted by Gasteiger charge is -2.39. The molecule has 0 amide bonds. The number of ether oxygens (including phenoxy) is 2. The Bertz CT molecular complexity index is 1620. The van der Waals surface area contributed by atoms with Crippen LogP contribution in [0, 0.1) is 13.8 Å². The molecule has 0 radical (unpaired) electrons. The van der Waals surface area contributed by atoms with Gasteiger partial charge in [-0.25, -0.2) is 4.68 Å². The van der Waals surface area contributed by atoms with Crippen LogP contribution in [0.25, 0.3) is 10.9 Å². The van der Waals surface area contributed by atoms with Crippen LogP contribution in [0.15, 0.2) is 41.2 Å². The van der Waals surface area contributed by atoms with Gasteiger partial charge < -0.3 is 14.5 Å². The molecule has 10 nitrogen and oxygen atoms in total. The Balaban J connectivity index is 1.21. The molecule has 41 heavy (non-hydrogen) atoms. The predicted octanol–water partition coefficient (Wildman–Crippen LogP) is 4.27. The lowest BCUT2D eigenvalue weighted by Crippen LogP contribution is -2.48. The van der Waals surface area contributed by atoms with Crippen LogP contribution in [-0.2, 0) is 6.54 Å². The lowest BCUT2D eigenvalue weighted by molar-refractivity contribution is 0.0982. The summed E-state index contributed by atoms with van der Waals surface area (Å²) in [5.74, 6) is 2.40. The average Bonchev–Trinajstić information content (AvgIpc) is 3.67. The van der Waals surface area contributed by atoms with Crippen molar-refractivity contribution >= 4 is 10.9 Å². The van der Waals surface area contributed by atoms with Crippen molar-refractivity contribution < 1.29 is 9.47 Å². The van der Waals surface area contributed by atoms with Gasteiger partial charge in [0, 0.05) is 43.7 Å². The molecule has 4 aromatic rings. The van der Waals surface area contributed by atoms with Crippen molar-refractivity contribution in [2.45, 2.75) is 64.6 Å². The molecular formula is C31H37N7O3. The Labute approximate surface area is 239 Å². The summed E-state index contributed by atoms with van der Waals surface area (Å²) in [5.41, 5.74) is 4.95. The molecule has 1 atom stereocenters. The van der Waals surface area contributed by atoms with Crippen molar-refractivity contribution in [2.75, 3.05) is 33.0 Å². The number of H-pyrrole nitrogens is 1. The Hall–Kier alpha value is -3.76. The highest BCUT2D eigenvalue weighted by Gasteiger charge is 2.34. The van der Waals surface area contributed by atoms with Crippen LogP contribution in [-0.4, -0.2) is 68.0 Å². The van der Waals surface area contributed by atoms with Crippen molar-refractivity contribution in [3.05, 3.63) is 74.8 Å². The Morgan fingerprint density at radius 3 is 2.56 bits per heavy atom. The fourth-order valence-corrected chi connectivity index (χ4v) is 6.74. The van der Waals surface area contributed by atoms with Gasteiger partial charge in [-0.05, 0) is 72.0 Å². The number of pyridine rings is 1. The summed E-state index contributed by atoms with van der Waals surface area (Å²) in [6.45, 7) is 8.61. The molecule has 4 heterocycles. The second kappa shape index (κ2) is 10.9. The fraction of sp³-hybridized carbons (Fsp3) is 0.484. The lowest BCUT2D eigenvalue weighted by atomic mass is 9.94. The van der Waals surface area contributed by atoms with Crippen molar-refractivity contribution in [1.29, 1.82) is 0 Å². The predicted molar refractivity (Wildman–Crippen MR) is 155 cm³/mol. The quantitative estimate of drug-likeness (QED) is 0.376. The van der Waals surface area contributed by atoms with E-state index in [9.17, 15) is 4.79 Å². The number of nitrogens with one attached hydrogen (secondary N) is 1. The number of hydrogen-bond donors (Lipinski definition) is 1. The van der Waals surface area contributed by atoms with Gasteiger partial charge in [0.25, 0.3) is 5.56 Å². The molecule has 2 fully saturated rings. The summed E-state index contributed by atoms with van der Waals surface area (Å²) < 4.78 is 13.1. The van der Waals surface area contributed by atoms with Crippen LogP contribution in [0.3, 0.4) is 0 Å². The van der Waals surface area contributed by atoms with Gasteiger partial charge in [-0.15, -0.1) is 5.10 Å². The molecule has 10 heteroatoms. The first kappa shape index (κ1) is 26.2. The molecule has 1 N–H and O–H groups in total. The number of benzene rings is 2. The number of aromatic amines is 1. The maximum Gasteiger partial charge on any atom is 0.253 e. The highest BCUT2D eigenvalue weighted by molar-refractivity contribution is 5.85. The summed E-state index contributed by atoms with van der Waals surface area (Å²) in [6.07, 6.45) is 5.76. The third kappa shape index (κ3) is 4.99. The number of hydrogen-bond acceptors (Lipinski definition) is 8. The van der Waals surface area contributed by atoms with E-state index in [2.05, 4.69) is 67.6 Å². The van der Waals surface area contributed by atoms with Crippen LogP contribution >= 0.6 is 0 Å². The molecule has 0 bridgehead atoms. The number of aryl methyl sites for hydroxylation is 2. The van der Waals surface area contributed by atoms with Crippen molar-refractivity contribution in [3.63, 3.8) is 0 Å². The average molecular weight is 556 g/mol. The van der Waals surface area contributed by atoms with Gasteiger partial charge in [-0.1, -0.05) is 37.5 Å². The van der Waals surface area contributed by atoms with Gasteiger partial charge in [-0.3, -0.25) is 14.6 Å². The minimum Gasteiger partial charge on any atom is -0.454 e. The van der Waals surface area contributed by atoms with Crippen LogP contribution in [0.1, 0.15) is 72.3 Å². The van der Waals surface area contributed by atoms with Crippen LogP contribution in [0.5, 0.6) is 11.5 Å². The van der Waals surface area contributed by atoms with E-state index >= 15 is 0 Å². The van der Waals surface area contributed by atoms with Crippen LogP contribution in [0.4, 0.5) is 0 Å². The standard InChI is InChI=1S/C31H37N7O3/c1-20-8-9-21(2)28-24(20)17-25(31(39)32-28)29(30-33-34-35-38(30)23-6-4-3-5-7-23)37-14-12-36(13-15-37)18-22-10-11-26-27(16-22)41-19-40-26/h8-11,16-17,23,29H,3-7,12-15,18-19H2,1-2H3,(H,32,39). The highest BCUT2D eigenvalue weighted by atomic mass is 16.7. The summed E-state index contributed by atoms with van der Waals surface area (Å²) in [7, 11) is 0. The fourth-order valence-electron chi connectivity index (χ4n) is 6.74. The Morgan fingerprint density at radius 1 is 0.951 bits per heavy atom. The SMILES string of the molecule is Cc1ccc(C)c2[nH]c(=O)c(C(c3nnnn3C3CCCCC3)N3CCN(Cc4ccc5c(c4)OCO5)CC3)cc12. The van der Waals surface area contributed by atoms with E-state index in [0.29, 0.717) is 5.56 Å². The van der Waals surface area contributed by atoms with E-state index in [1.54, 1.807) is 0 Å². The Kier molecular flexibility index (Phi) is 6.96. The maximum absolute atomic E-state index is 13.8. The monoisotopic (exact) mass is 555 g/mol. The number of aromatic nitrogens is 5. The summed E-state index contributed by atoms with van der Waals surface area (Å²) >= 11 is 0. The minimum atomic E-state index is -0.326. The molecule has 0 spiro atoms. The molecule has 2 aromatic heterocycles. The zero-order valence-corrected chi connectivity index (χ0v) is 23.8. The van der Waals surface area contributed by atoms with Gasteiger partial charge in [0.15, 0.2) is 17.3 Å². The third-order valence-corrected chi connectivity index (χ3v) is 9.07. The summed E-state index contributed by atoms with van der Waals surface area (Å²) in [5, 5.41) is 14.3. The summed E-state index contributed by atoms with van der Waals surface area (Å²) in [4.78, 5) is 21.8. The van der Waals surface area contributed by atoms with Gasteiger partial charge in [-0.2, -0.15) is 0 Å².